The fourth-order valence-electron chi connectivity index (χ4n) is 4.06. The standard InChI is InChI=1S/C23H18F3N5O.C2H6/c1-29-12-19(18-10-27-13-28-22(18)29)17-4-3-16(9-21(17)26)31-7-6-30(23(31)32)11-14-8-15(24)2-5-20(14)25;1-2/h2-5,8-10,12-13H,6-7,11H2,1H3;1-2H3. The lowest BCUT2D eigenvalue weighted by atomic mass is 10.1. The zero-order valence-corrected chi connectivity index (χ0v) is 19.1. The molecule has 2 amide bonds. The lowest BCUT2D eigenvalue weighted by Crippen LogP contribution is -2.31. The molecule has 3 heterocycles. The summed E-state index contributed by atoms with van der Waals surface area (Å²) in [5.41, 5.74) is 2.21. The lowest BCUT2D eigenvalue weighted by molar-refractivity contribution is 0.218. The number of benzene rings is 2. The summed E-state index contributed by atoms with van der Waals surface area (Å²) in [6.07, 6.45) is 4.86. The molecule has 6 nitrogen and oxygen atoms in total. The largest absolute Gasteiger partial charge is 0.335 e. The number of amides is 2. The minimum atomic E-state index is -0.577. The zero-order valence-electron chi connectivity index (χ0n) is 19.1. The van der Waals surface area contributed by atoms with Gasteiger partial charge in [-0.25, -0.2) is 27.9 Å². The summed E-state index contributed by atoms with van der Waals surface area (Å²) in [7, 11) is 1.82. The normalized spacial score (nSPS) is 13.4. The van der Waals surface area contributed by atoms with Crippen LogP contribution in [0.2, 0.25) is 0 Å². The highest BCUT2D eigenvalue weighted by Gasteiger charge is 2.30. The van der Waals surface area contributed by atoms with Gasteiger partial charge in [-0.2, -0.15) is 0 Å². The first-order chi connectivity index (χ1) is 16.4. The van der Waals surface area contributed by atoms with Crippen molar-refractivity contribution < 1.29 is 18.0 Å². The second-order valence-electron chi connectivity index (χ2n) is 7.67. The zero-order chi connectivity index (χ0) is 24.4. The van der Waals surface area contributed by atoms with Crippen LogP contribution in [0, 0.1) is 17.5 Å². The van der Waals surface area contributed by atoms with Crippen molar-refractivity contribution in [2.75, 3.05) is 18.0 Å². The topological polar surface area (TPSA) is 54.3 Å². The molecule has 4 aromatic rings. The van der Waals surface area contributed by atoms with Gasteiger partial charge < -0.3 is 9.47 Å². The minimum absolute atomic E-state index is 0.0600. The Morgan fingerprint density at radius 1 is 0.971 bits per heavy atom. The van der Waals surface area contributed by atoms with Crippen molar-refractivity contribution in [1.29, 1.82) is 0 Å². The second kappa shape index (κ2) is 9.54. The molecule has 0 atom stereocenters. The Hall–Kier alpha value is -3.88. The number of hydrogen-bond acceptors (Lipinski definition) is 3. The van der Waals surface area contributed by atoms with Crippen LogP contribution in [0.4, 0.5) is 23.7 Å². The molecule has 9 heteroatoms. The van der Waals surface area contributed by atoms with Crippen molar-refractivity contribution in [3.05, 3.63) is 78.1 Å². The number of carbonyl (C=O) groups is 1. The molecule has 0 radical (unpaired) electrons. The summed E-state index contributed by atoms with van der Waals surface area (Å²) in [5, 5.41) is 0.724. The summed E-state index contributed by atoms with van der Waals surface area (Å²) in [6, 6.07) is 7.35. The van der Waals surface area contributed by atoms with Gasteiger partial charge in [0.15, 0.2) is 0 Å². The Bertz CT molecular complexity index is 1350. The van der Waals surface area contributed by atoms with E-state index in [9.17, 15) is 13.6 Å². The van der Waals surface area contributed by atoms with Gasteiger partial charge in [0.2, 0.25) is 0 Å². The van der Waals surface area contributed by atoms with Crippen LogP contribution in [-0.4, -0.2) is 38.6 Å². The van der Waals surface area contributed by atoms with E-state index in [1.807, 2.05) is 20.9 Å². The van der Waals surface area contributed by atoms with E-state index in [0.717, 1.165) is 23.6 Å². The highest BCUT2D eigenvalue weighted by molar-refractivity contribution is 5.96. The van der Waals surface area contributed by atoms with Crippen molar-refractivity contribution in [2.45, 2.75) is 20.4 Å². The predicted molar refractivity (Wildman–Crippen MR) is 125 cm³/mol. The van der Waals surface area contributed by atoms with Crippen molar-refractivity contribution in [3.8, 4) is 11.1 Å². The summed E-state index contributed by atoms with van der Waals surface area (Å²) in [4.78, 5) is 23.9. The molecule has 5 rings (SSSR count). The number of nitrogens with zero attached hydrogens (tertiary/aromatic N) is 5. The van der Waals surface area contributed by atoms with Crippen LogP contribution in [0.3, 0.4) is 0 Å². The van der Waals surface area contributed by atoms with Gasteiger partial charge in [0.25, 0.3) is 0 Å². The van der Waals surface area contributed by atoms with Gasteiger partial charge in [-0.3, -0.25) is 4.90 Å². The molecule has 2 aromatic heterocycles. The lowest BCUT2D eigenvalue weighted by Gasteiger charge is -2.19. The van der Waals surface area contributed by atoms with E-state index < -0.39 is 17.5 Å². The Morgan fingerprint density at radius 3 is 2.53 bits per heavy atom. The van der Waals surface area contributed by atoms with Gasteiger partial charge in [-0.15, -0.1) is 0 Å². The van der Waals surface area contributed by atoms with Crippen LogP contribution in [0.5, 0.6) is 0 Å². The average Bonchev–Trinajstić information content (AvgIpc) is 3.37. The third kappa shape index (κ3) is 4.21. The molecule has 0 spiro atoms. The number of aryl methyl sites for hydroxylation is 1. The molecule has 176 valence electrons. The van der Waals surface area contributed by atoms with E-state index in [-0.39, 0.29) is 18.1 Å². The van der Waals surface area contributed by atoms with Gasteiger partial charge in [-0.1, -0.05) is 13.8 Å². The fourth-order valence-corrected chi connectivity index (χ4v) is 4.06. The van der Waals surface area contributed by atoms with Gasteiger partial charge in [0.05, 0.1) is 6.54 Å². The van der Waals surface area contributed by atoms with Crippen LogP contribution in [0.1, 0.15) is 19.4 Å². The van der Waals surface area contributed by atoms with Gasteiger partial charge in [0.1, 0.15) is 29.4 Å². The number of hydrogen-bond donors (Lipinski definition) is 0. The molecule has 0 unspecified atom stereocenters. The Labute approximate surface area is 195 Å². The maximum absolute atomic E-state index is 15.1. The molecule has 0 saturated carbocycles. The van der Waals surface area contributed by atoms with Crippen molar-refractivity contribution in [1.82, 2.24) is 19.4 Å². The van der Waals surface area contributed by atoms with Crippen LogP contribution in [0.25, 0.3) is 22.2 Å². The van der Waals surface area contributed by atoms with E-state index in [1.165, 1.54) is 22.2 Å². The molecule has 34 heavy (non-hydrogen) atoms. The van der Waals surface area contributed by atoms with Crippen LogP contribution in [0.15, 0.2) is 55.1 Å². The number of anilines is 1. The average molecular weight is 467 g/mol. The number of halogens is 3. The summed E-state index contributed by atoms with van der Waals surface area (Å²) in [6.45, 7) is 4.57. The van der Waals surface area contributed by atoms with Crippen LogP contribution >= 0.6 is 0 Å². The van der Waals surface area contributed by atoms with Crippen LogP contribution < -0.4 is 4.90 Å². The number of aromatic nitrogens is 3. The van der Waals surface area contributed by atoms with Gasteiger partial charge in [0, 0.05) is 60.3 Å². The molecule has 2 aromatic carbocycles. The van der Waals surface area contributed by atoms with Gasteiger partial charge in [-0.05, 0) is 36.4 Å². The third-order valence-electron chi connectivity index (χ3n) is 5.66. The number of rotatable bonds is 4. The summed E-state index contributed by atoms with van der Waals surface area (Å²) >= 11 is 0. The monoisotopic (exact) mass is 467 g/mol. The minimum Gasteiger partial charge on any atom is -0.335 e. The van der Waals surface area contributed by atoms with Crippen molar-refractivity contribution in [2.24, 2.45) is 7.05 Å². The molecular weight excluding hydrogens is 443 g/mol. The maximum atomic E-state index is 15.1. The molecule has 0 bridgehead atoms. The fraction of sp³-hybridized carbons (Fsp3) is 0.240. The Morgan fingerprint density at radius 2 is 1.76 bits per heavy atom. The molecule has 1 aliphatic heterocycles. The smallest absolute Gasteiger partial charge is 0.324 e. The molecular formula is C25H24F3N5O. The Balaban J connectivity index is 0.00000133. The first kappa shape index (κ1) is 23.3. The number of fused-ring (bicyclic) bond motifs is 1. The maximum Gasteiger partial charge on any atom is 0.324 e. The molecule has 1 saturated heterocycles. The third-order valence-corrected chi connectivity index (χ3v) is 5.66. The summed E-state index contributed by atoms with van der Waals surface area (Å²) in [5.74, 6) is -1.63. The first-order valence-electron chi connectivity index (χ1n) is 11.0. The SMILES string of the molecule is CC.Cn1cc(-c2ccc(N3CCN(Cc4cc(F)ccc4F)C3=O)cc2F)c2cncnc21. The molecule has 0 N–H and O–H groups in total. The van der Waals surface area contributed by atoms with E-state index >= 15 is 4.39 Å². The highest BCUT2D eigenvalue weighted by atomic mass is 19.1. The van der Waals surface area contributed by atoms with Crippen LogP contribution in [-0.2, 0) is 13.6 Å². The highest BCUT2D eigenvalue weighted by Crippen LogP contribution is 2.33. The van der Waals surface area contributed by atoms with E-state index in [4.69, 9.17) is 0 Å². The first-order valence-corrected chi connectivity index (χ1v) is 11.0. The number of urea groups is 1. The van der Waals surface area contributed by atoms with Gasteiger partial charge >= 0.3 is 6.03 Å². The molecule has 0 aliphatic carbocycles. The summed E-state index contributed by atoms with van der Waals surface area (Å²) < 4.78 is 44.3. The van der Waals surface area contributed by atoms with E-state index in [2.05, 4.69) is 9.97 Å². The van der Waals surface area contributed by atoms with E-state index in [0.29, 0.717) is 35.6 Å². The molecule has 1 aliphatic rings. The van der Waals surface area contributed by atoms with E-state index in [1.54, 1.807) is 29.1 Å². The van der Waals surface area contributed by atoms with Crippen molar-refractivity contribution in [3.63, 3.8) is 0 Å². The quantitative estimate of drug-likeness (QED) is 0.397. The predicted octanol–water partition coefficient (Wildman–Crippen LogP) is 5.52. The second-order valence-corrected chi connectivity index (χ2v) is 7.67. The molecule has 1 fully saturated rings. The van der Waals surface area contributed by atoms with Crippen molar-refractivity contribution >= 4 is 22.8 Å². The Kier molecular flexibility index (Phi) is 6.54. The number of carbonyl (C=O) groups excluding carboxylic acids is 1.